The first-order valence-corrected chi connectivity index (χ1v) is 15.2. The zero-order valence-corrected chi connectivity index (χ0v) is 24.8. The van der Waals surface area contributed by atoms with Crippen LogP contribution in [0.25, 0.3) is 11.1 Å². The van der Waals surface area contributed by atoms with Crippen molar-refractivity contribution < 1.29 is 32.2 Å². The molecule has 232 valence electrons. The molecule has 1 saturated carbocycles. The molecule has 1 amide bonds. The van der Waals surface area contributed by atoms with Crippen LogP contribution in [-0.4, -0.2) is 48.5 Å². The maximum Gasteiger partial charge on any atom is 0.416 e. The minimum absolute atomic E-state index is 0.115. The van der Waals surface area contributed by atoms with E-state index < -0.39 is 30.0 Å². The van der Waals surface area contributed by atoms with Gasteiger partial charge < -0.3 is 19.2 Å². The van der Waals surface area contributed by atoms with Gasteiger partial charge in [0.05, 0.1) is 31.0 Å². The molecule has 0 N–H and O–H groups in total. The molecule has 10 heteroatoms. The lowest BCUT2D eigenvalue weighted by Crippen LogP contribution is -2.38. The van der Waals surface area contributed by atoms with Crippen LogP contribution in [0.2, 0.25) is 0 Å². The first-order chi connectivity index (χ1) is 21.2. The highest BCUT2D eigenvalue weighted by molar-refractivity contribution is 5.76. The van der Waals surface area contributed by atoms with Gasteiger partial charge in [0.15, 0.2) is 0 Å². The maximum atomic E-state index is 13.4. The van der Waals surface area contributed by atoms with E-state index in [2.05, 4.69) is 17.0 Å². The Morgan fingerprint density at radius 2 is 1.77 bits per heavy atom. The lowest BCUT2D eigenvalue weighted by atomic mass is 9.78. The average molecular weight is 608 g/mol. The van der Waals surface area contributed by atoms with Crippen LogP contribution in [-0.2, 0) is 22.3 Å². The fourth-order valence-electron chi connectivity index (χ4n) is 6.57. The van der Waals surface area contributed by atoms with Gasteiger partial charge in [-0.25, -0.2) is 9.78 Å². The largest absolute Gasteiger partial charge is 0.496 e. The topological polar surface area (TPSA) is 72.0 Å². The predicted molar refractivity (Wildman–Crippen MR) is 159 cm³/mol. The molecule has 0 spiro atoms. The van der Waals surface area contributed by atoms with E-state index in [1.54, 1.807) is 20.1 Å². The number of aromatic nitrogens is 1. The second-order valence-corrected chi connectivity index (χ2v) is 12.0. The summed E-state index contributed by atoms with van der Waals surface area (Å²) in [5, 5.41) is 0. The minimum Gasteiger partial charge on any atom is -0.496 e. The van der Waals surface area contributed by atoms with Crippen LogP contribution in [0.5, 0.6) is 5.75 Å². The van der Waals surface area contributed by atoms with E-state index in [1.807, 2.05) is 18.2 Å². The number of pyridine rings is 1. The molecule has 3 aromatic rings. The number of ether oxygens (including phenoxy) is 2. The number of hydrogen-bond donors (Lipinski definition) is 0. The van der Waals surface area contributed by atoms with E-state index >= 15 is 0 Å². The molecule has 2 aromatic carbocycles. The number of rotatable bonds is 8. The number of halogens is 3. The lowest BCUT2D eigenvalue weighted by molar-refractivity contribution is -0.137. The summed E-state index contributed by atoms with van der Waals surface area (Å²) in [6, 6.07) is 14.6. The van der Waals surface area contributed by atoms with Crippen LogP contribution in [0, 0.1) is 5.92 Å². The molecule has 7 nitrogen and oxygen atoms in total. The standard InChI is InChI=1S/C34H36F3N3O4/c1-21-32(25-5-3-6-26(17-25)34(35,36)37)44-33(42)40(21)19-29-27(12-14-31(38-29)39-15-4-16-39)28-18-24(11-13-30(28)43-2)23-9-7-22(20-41)8-10-23/h3,5-6,11-14,17-18,20-23,32H,4,7-10,15-16,19H2,1-2H3/t21-,22?,23?,32-/m0/s1. The summed E-state index contributed by atoms with van der Waals surface area (Å²) in [6.07, 6.45) is -0.210. The van der Waals surface area contributed by atoms with Crippen LogP contribution in [0.15, 0.2) is 54.6 Å². The van der Waals surface area contributed by atoms with E-state index in [0.717, 1.165) is 80.6 Å². The van der Waals surface area contributed by atoms with E-state index in [4.69, 9.17) is 14.5 Å². The predicted octanol–water partition coefficient (Wildman–Crippen LogP) is 7.54. The third kappa shape index (κ3) is 5.86. The van der Waals surface area contributed by atoms with Gasteiger partial charge in [0.2, 0.25) is 0 Å². The molecule has 0 unspecified atom stereocenters. The Balaban J connectivity index is 1.34. The Morgan fingerprint density at radius 3 is 2.43 bits per heavy atom. The summed E-state index contributed by atoms with van der Waals surface area (Å²) >= 11 is 0. The van der Waals surface area contributed by atoms with E-state index in [-0.39, 0.29) is 12.5 Å². The summed E-state index contributed by atoms with van der Waals surface area (Å²) in [5.74, 6) is 1.94. The summed E-state index contributed by atoms with van der Waals surface area (Å²) in [5.41, 5.74) is 3.01. The molecule has 3 heterocycles. The number of hydrogen-bond acceptors (Lipinski definition) is 6. The number of alkyl halides is 3. The molecule has 3 fully saturated rings. The number of carbonyl (C=O) groups is 2. The van der Waals surface area contributed by atoms with Crippen LogP contribution in [0.4, 0.5) is 23.8 Å². The Labute approximate surface area is 255 Å². The SMILES string of the molecule is COc1ccc(C2CCC(C=O)CC2)cc1-c1ccc(N2CCC2)nc1CN1C(=O)O[C@H](c2cccc(C(F)(F)F)c2)[C@@H]1C. The van der Waals surface area contributed by atoms with Gasteiger partial charge in [-0.15, -0.1) is 0 Å². The first-order valence-electron chi connectivity index (χ1n) is 15.2. The summed E-state index contributed by atoms with van der Waals surface area (Å²) in [4.78, 5) is 33.2. The molecular formula is C34H36F3N3O4. The van der Waals surface area contributed by atoms with E-state index in [1.165, 1.54) is 16.5 Å². The van der Waals surface area contributed by atoms with E-state index in [9.17, 15) is 22.8 Å². The van der Waals surface area contributed by atoms with Crippen molar-refractivity contribution in [2.75, 3.05) is 25.1 Å². The molecule has 3 aliphatic rings. The number of cyclic esters (lactones) is 1. The zero-order valence-electron chi connectivity index (χ0n) is 24.8. The van der Waals surface area contributed by atoms with Crippen molar-refractivity contribution in [3.63, 3.8) is 0 Å². The fourth-order valence-corrected chi connectivity index (χ4v) is 6.57. The maximum absolute atomic E-state index is 13.4. The highest BCUT2D eigenvalue weighted by Crippen LogP contribution is 2.42. The number of amides is 1. The molecule has 2 atom stereocenters. The van der Waals surface area contributed by atoms with Crippen molar-refractivity contribution >= 4 is 18.2 Å². The van der Waals surface area contributed by atoms with Crippen LogP contribution < -0.4 is 9.64 Å². The molecular weight excluding hydrogens is 571 g/mol. The first kappa shape index (κ1) is 30.0. The van der Waals surface area contributed by atoms with Gasteiger partial charge in [0, 0.05) is 30.1 Å². The summed E-state index contributed by atoms with van der Waals surface area (Å²) in [6.45, 7) is 3.69. The normalized spacial score (nSPS) is 23.7. The molecule has 6 rings (SSSR count). The number of anilines is 1. The van der Waals surface area contributed by atoms with Crippen molar-refractivity contribution in [1.29, 1.82) is 0 Å². The number of carbonyl (C=O) groups excluding carboxylic acids is 2. The molecule has 2 saturated heterocycles. The third-order valence-electron chi connectivity index (χ3n) is 9.34. The van der Waals surface area contributed by atoms with Gasteiger partial charge >= 0.3 is 12.3 Å². The molecule has 1 aromatic heterocycles. The van der Waals surface area contributed by atoms with Crippen molar-refractivity contribution in [3.8, 4) is 16.9 Å². The number of aldehydes is 1. The van der Waals surface area contributed by atoms with Crippen molar-refractivity contribution in [2.24, 2.45) is 5.92 Å². The number of nitrogens with zero attached hydrogens (tertiary/aromatic N) is 3. The third-order valence-corrected chi connectivity index (χ3v) is 9.34. The monoisotopic (exact) mass is 607 g/mol. The molecule has 0 bridgehead atoms. The van der Waals surface area contributed by atoms with Gasteiger partial charge in [0.1, 0.15) is 24.0 Å². The second-order valence-electron chi connectivity index (χ2n) is 12.0. The summed E-state index contributed by atoms with van der Waals surface area (Å²) in [7, 11) is 1.62. The zero-order chi connectivity index (χ0) is 31.0. The molecule has 0 radical (unpaired) electrons. The van der Waals surface area contributed by atoms with Crippen molar-refractivity contribution in [3.05, 3.63) is 77.0 Å². The number of benzene rings is 2. The fraction of sp³-hybridized carbons (Fsp3) is 0.441. The van der Waals surface area contributed by atoms with Crippen molar-refractivity contribution in [2.45, 2.75) is 69.8 Å². The Bertz CT molecular complexity index is 1530. The Kier molecular flexibility index (Phi) is 8.26. The number of methoxy groups -OCH3 is 1. The molecule has 1 aliphatic carbocycles. The molecule has 44 heavy (non-hydrogen) atoms. The Morgan fingerprint density at radius 1 is 1.00 bits per heavy atom. The second kappa shape index (κ2) is 12.1. The molecule has 2 aliphatic heterocycles. The highest BCUT2D eigenvalue weighted by Gasteiger charge is 2.41. The lowest BCUT2D eigenvalue weighted by Gasteiger charge is -2.33. The van der Waals surface area contributed by atoms with Crippen LogP contribution >= 0.6 is 0 Å². The van der Waals surface area contributed by atoms with Crippen molar-refractivity contribution in [1.82, 2.24) is 9.88 Å². The van der Waals surface area contributed by atoms with Crippen LogP contribution in [0.1, 0.15) is 73.4 Å². The van der Waals surface area contributed by atoms with Crippen LogP contribution in [0.3, 0.4) is 0 Å². The highest BCUT2D eigenvalue weighted by atomic mass is 19.4. The van der Waals surface area contributed by atoms with Gasteiger partial charge in [-0.1, -0.05) is 18.2 Å². The minimum atomic E-state index is -4.50. The van der Waals surface area contributed by atoms with Gasteiger partial charge in [0.25, 0.3) is 0 Å². The Hall–Kier alpha value is -4.08. The quantitative estimate of drug-likeness (QED) is 0.247. The smallest absolute Gasteiger partial charge is 0.416 e. The van der Waals surface area contributed by atoms with E-state index in [0.29, 0.717) is 22.9 Å². The van der Waals surface area contributed by atoms with Gasteiger partial charge in [-0.2, -0.15) is 13.2 Å². The average Bonchev–Trinajstić information content (AvgIpc) is 3.28. The van der Waals surface area contributed by atoms with Gasteiger partial charge in [-0.05, 0) is 92.5 Å². The van der Waals surface area contributed by atoms with Gasteiger partial charge in [-0.3, -0.25) is 4.90 Å². The summed E-state index contributed by atoms with van der Waals surface area (Å²) < 4.78 is 51.7.